The second kappa shape index (κ2) is 8.83. The van der Waals surface area contributed by atoms with E-state index in [2.05, 4.69) is 10.6 Å². The van der Waals surface area contributed by atoms with E-state index < -0.39 is 11.8 Å². The summed E-state index contributed by atoms with van der Waals surface area (Å²) in [4.78, 5) is 24.6. The molecule has 2 aromatic carbocycles. The van der Waals surface area contributed by atoms with Gasteiger partial charge in [0.1, 0.15) is 17.2 Å². The van der Waals surface area contributed by atoms with Gasteiger partial charge in [0.05, 0.1) is 37.7 Å². The number of nitrogens with one attached hydrogen (secondary N) is 2. The van der Waals surface area contributed by atoms with E-state index in [0.717, 1.165) is 5.56 Å². The van der Waals surface area contributed by atoms with Crippen molar-refractivity contribution in [3.63, 3.8) is 0 Å². The lowest BCUT2D eigenvalue weighted by atomic mass is 10.2. The quantitative estimate of drug-likeness (QED) is 0.727. The van der Waals surface area contributed by atoms with E-state index in [1.165, 1.54) is 33.5 Å². The number of ether oxygens (including phenoxy) is 3. The van der Waals surface area contributed by atoms with E-state index in [0.29, 0.717) is 27.2 Å². The Hall–Kier alpha value is -2.64. The van der Waals surface area contributed by atoms with E-state index in [-0.39, 0.29) is 11.4 Å². The van der Waals surface area contributed by atoms with Crippen LogP contribution in [0.2, 0.25) is 10.0 Å². The van der Waals surface area contributed by atoms with Crippen LogP contribution in [0, 0.1) is 6.92 Å². The SMILES string of the molecule is COc1cc(NC(=O)C(=O)Nc2cc(C)c(Cl)cc2OC)c(OC)cc1Cl. The molecule has 2 aromatic rings. The van der Waals surface area contributed by atoms with Crippen LogP contribution in [0.15, 0.2) is 24.3 Å². The topological polar surface area (TPSA) is 85.9 Å². The van der Waals surface area contributed by atoms with E-state index in [4.69, 9.17) is 37.4 Å². The maximum atomic E-state index is 12.3. The maximum absolute atomic E-state index is 12.3. The summed E-state index contributed by atoms with van der Waals surface area (Å²) >= 11 is 12.1. The van der Waals surface area contributed by atoms with Crippen LogP contribution < -0.4 is 24.8 Å². The van der Waals surface area contributed by atoms with Gasteiger partial charge in [-0.25, -0.2) is 0 Å². The lowest BCUT2D eigenvalue weighted by Gasteiger charge is -2.14. The number of hydrogen-bond acceptors (Lipinski definition) is 5. The normalized spacial score (nSPS) is 10.1. The molecule has 0 spiro atoms. The predicted octanol–water partition coefficient (Wildman–Crippen LogP) is 3.90. The second-order valence-electron chi connectivity index (χ2n) is 5.40. The fourth-order valence-corrected chi connectivity index (χ4v) is 2.63. The number of carbonyl (C=O) groups excluding carboxylic acids is 2. The molecule has 0 unspecified atom stereocenters. The van der Waals surface area contributed by atoms with Crippen LogP contribution in [0.4, 0.5) is 11.4 Å². The first-order valence-corrected chi connectivity index (χ1v) is 8.44. The average molecular weight is 413 g/mol. The molecule has 0 saturated heterocycles. The Labute approximate surface area is 166 Å². The van der Waals surface area contributed by atoms with Crippen molar-refractivity contribution < 1.29 is 23.8 Å². The van der Waals surface area contributed by atoms with Gasteiger partial charge in [0, 0.05) is 23.2 Å². The zero-order valence-corrected chi connectivity index (χ0v) is 16.6. The molecule has 0 saturated carbocycles. The molecular weight excluding hydrogens is 395 g/mol. The highest BCUT2D eigenvalue weighted by atomic mass is 35.5. The highest BCUT2D eigenvalue weighted by Gasteiger charge is 2.20. The molecule has 0 heterocycles. The lowest BCUT2D eigenvalue weighted by molar-refractivity contribution is -0.133. The Kier molecular flexibility index (Phi) is 6.76. The van der Waals surface area contributed by atoms with Gasteiger partial charge in [0.2, 0.25) is 0 Å². The molecule has 2 N–H and O–H groups in total. The zero-order chi connectivity index (χ0) is 20.1. The van der Waals surface area contributed by atoms with Crippen LogP contribution in [0.3, 0.4) is 0 Å². The zero-order valence-electron chi connectivity index (χ0n) is 15.1. The number of carbonyl (C=O) groups is 2. The molecule has 0 radical (unpaired) electrons. The molecule has 0 bridgehead atoms. The molecule has 2 amide bonds. The van der Waals surface area contributed by atoms with E-state index in [9.17, 15) is 9.59 Å². The van der Waals surface area contributed by atoms with Crippen LogP contribution >= 0.6 is 23.2 Å². The van der Waals surface area contributed by atoms with Gasteiger partial charge < -0.3 is 24.8 Å². The molecule has 144 valence electrons. The molecule has 0 aromatic heterocycles. The molecule has 27 heavy (non-hydrogen) atoms. The van der Waals surface area contributed by atoms with Crippen molar-refractivity contribution in [1.29, 1.82) is 0 Å². The largest absolute Gasteiger partial charge is 0.495 e. The van der Waals surface area contributed by atoms with Gasteiger partial charge >= 0.3 is 11.8 Å². The van der Waals surface area contributed by atoms with E-state index in [1.807, 2.05) is 0 Å². The molecule has 0 aliphatic carbocycles. The number of anilines is 2. The first kappa shape index (κ1) is 20.7. The minimum absolute atomic E-state index is 0.234. The van der Waals surface area contributed by atoms with Crippen molar-refractivity contribution in [2.24, 2.45) is 0 Å². The molecule has 0 atom stereocenters. The summed E-state index contributed by atoms with van der Waals surface area (Å²) in [6.45, 7) is 1.77. The van der Waals surface area contributed by atoms with Gasteiger partial charge in [-0.1, -0.05) is 23.2 Å². The van der Waals surface area contributed by atoms with Crippen LogP contribution in [-0.4, -0.2) is 33.1 Å². The van der Waals surface area contributed by atoms with Crippen molar-refractivity contribution in [3.05, 3.63) is 39.9 Å². The second-order valence-corrected chi connectivity index (χ2v) is 6.21. The predicted molar refractivity (Wildman–Crippen MR) is 105 cm³/mol. The number of halogens is 2. The summed E-state index contributed by atoms with van der Waals surface area (Å²) in [6, 6.07) is 6.09. The third kappa shape index (κ3) is 4.75. The average Bonchev–Trinajstić information content (AvgIpc) is 2.65. The van der Waals surface area contributed by atoms with Crippen molar-refractivity contribution in [2.45, 2.75) is 6.92 Å². The molecule has 2 rings (SSSR count). The first-order valence-electron chi connectivity index (χ1n) is 7.68. The fraction of sp³-hybridized carbons (Fsp3) is 0.222. The standard InChI is InChI=1S/C18H18Cl2N2O5/c1-9-5-12(15(26-3)6-10(9)19)21-17(23)18(24)22-13-8-14(25-2)11(20)7-16(13)27-4/h5-8H,1-4H3,(H,21,23)(H,22,24). The summed E-state index contributed by atoms with van der Waals surface area (Å²) in [7, 11) is 4.28. The summed E-state index contributed by atoms with van der Waals surface area (Å²) < 4.78 is 15.5. The summed E-state index contributed by atoms with van der Waals surface area (Å²) in [5.74, 6) is -0.874. The van der Waals surface area contributed by atoms with E-state index >= 15 is 0 Å². The molecule has 7 nitrogen and oxygen atoms in total. The molecule has 0 aliphatic rings. The summed E-state index contributed by atoms with van der Waals surface area (Å²) in [5.41, 5.74) is 1.27. The summed E-state index contributed by atoms with van der Waals surface area (Å²) in [5, 5.41) is 5.74. The lowest BCUT2D eigenvalue weighted by Crippen LogP contribution is -2.29. The van der Waals surface area contributed by atoms with Crippen molar-refractivity contribution in [2.75, 3.05) is 32.0 Å². The van der Waals surface area contributed by atoms with Crippen LogP contribution in [-0.2, 0) is 9.59 Å². The smallest absolute Gasteiger partial charge is 0.314 e. The van der Waals surface area contributed by atoms with E-state index in [1.54, 1.807) is 19.1 Å². The molecule has 0 fully saturated rings. The Bertz CT molecular complexity index is 887. The Balaban J connectivity index is 2.22. The number of methoxy groups -OCH3 is 3. The van der Waals surface area contributed by atoms with Crippen molar-refractivity contribution in [3.8, 4) is 17.2 Å². The van der Waals surface area contributed by atoms with Gasteiger partial charge in [-0.3, -0.25) is 9.59 Å². The highest BCUT2D eigenvalue weighted by Crippen LogP contribution is 2.36. The van der Waals surface area contributed by atoms with Gasteiger partial charge in [0.25, 0.3) is 0 Å². The summed E-state index contributed by atoms with van der Waals surface area (Å²) in [6.07, 6.45) is 0. The monoisotopic (exact) mass is 412 g/mol. The fourth-order valence-electron chi connectivity index (χ4n) is 2.25. The van der Waals surface area contributed by atoms with Crippen LogP contribution in [0.5, 0.6) is 17.2 Å². The Morgan fingerprint density at radius 2 is 1.19 bits per heavy atom. The van der Waals surface area contributed by atoms with Crippen LogP contribution in [0.25, 0.3) is 0 Å². The highest BCUT2D eigenvalue weighted by molar-refractivity contribution is 6.44. The minimum atomic E-state index is -0.910. The van der Waals surface area contributed by atoms with Crippen LogP contribution in [0.1, 0.15) is 5.56 Å². The van der Waals surface area contributed by atoms with Crippen molar-refractivity contribution in [1.82, 2.24) is 0 Å². The number of amides is 2. The Morgan fingerprint density at radius 3 is 1.67 bits per heavy atom. The third-order valence-corrected chi connectivity index (χ3v) is 4.36. The minimum Gasteiger partial charge on any atom is -0.495 e. The molecule has 9 heteroatoms. The maximum Gasteiger partial charge on any atom is 0.314 e. The van der Waals surface area contributed by atoms with Gasteiger partial charge in [-0.05, 0) is 18.6 Å². The first-order chi connectivity index (χ1) is 12.8. The molecular formula is C18H18Cl2N2O5. The van der Waals surface area contributed by atoms with Gasteiger partial charge in [-0.15, -0.1) is 0 Å². The number of rotatable bonds is 5. The Morgan fingerprint density at radius 1 is 0.741 bits per heavy atom. The number of hydrogen-bond donors (Lipinski definition) is 2. The van der Waals surface area contributed by atoms with Crippen molar-refractivity contribution >= 4 is 46.4 Å². The number of aryl methyl sites for hydroxylation is 1. The van der Waals surface area contributed by atoms with Gasteiger partial charge in [-0.2, -0.15) is 0 Å². The number of benzene rings is 2. The van der Waals surface area contributed by atoms with Gasteiger partial charge in [0.15, 0.2) is 0 Å². The molecule has 0 aliphatic heterocycles. The third-order valence-electron chi connectivity index (χ3n) is 3.66.